The van der Waals surface area contributed by atoms with Crippen molar-refractivity contribution < 1.29 is 9.47 Å². The van der Waals surface area contributed by atoms with Crippen LogP contribution in [0.4, 0.5) is 0 Å². The molecule has 6 heteroatoms. The van der Waals surface area contributed by atoms with Crippen molar-refractivity contribution in [2.45, 2.75) is 12.8 Å². The van der Waals surface area contributed by atoms with E-state index in [-0.39, 0.29) is 5.92 Å². The van der Waals surface area contributed by atoms with Crippen molar-refractivity contribution in [3.8, 4) is 28.8 Å². The summed E-state index contributed by atoms with van der Waals surface area (Å²) < 4.78 is 13.7. The highest BCUT2D eigenvalue weighted by molar-refractivity contribution is 5.91. The van der Waals surface area contributed by atoms with Crippen LogP contribution in [0, 0.1) is 6.92 Å². The quantitative estimate of drug-likeness (QED) is 0.293. The van der Waals surface area contributed by atoms with Crippen LogP contribution < -0.4 is 9.47 Å². The highest BCUT2D eigenvalue weighted by Gasteiger charge is 2.34. The normalized spacial score (nSPS) is 14.3. The van der Waals surface area contributed by atoms with Crippen LogP contribution in [-0.2, 0) is 0 Å². The van der Waals surface area contributed by atoms with Crippen molar-refractivity contribution in [3.63, 3.8) is 0 Å². The predicted octanol–water partition coefficient (Wildman–Crippen LogP) is 6.55. The summed E-state index contributed by atoms with van der Waals surface area (Å²) in [6.07, 6.45) is 1.68. The zero-order valence-corrected chi connectivity index (χ0v) is 19.8. The molecule has 2 aromatic heterocycles. The van der Waals surface area contributed by atoms with Crippen LogP contribution in [0.2, 0.25) is 0 Å². The van der Waals surface area contributed by atoms with Crippen molar-refractivity contribution in [1.29, 1.82) is 0 Å². The third-order valence-corrected chi connectivity index (χ3v) is 6.93. The monoisotopic (exact) mass is 470 g/mol. The number of aromatic nitrogens is 4. The van der Waals surface area contributed by atoms with E-state index in [1.807, 2.05) is 42.5 Å². The zero-order chi connectivity index (χ0) is 24.2. The number of rotatable bonds is 3. The van der Waals surface area contributed by atoms with E-state index < -0.39 is 0 Å². The maximum Gasteiger partial charge on any atom is 0.228 e. The Morgan fingerprint density at radius 1 is 0.889 bits per heavy atom. The van der Waals surface area contributed by atoms with Gasteiger partial charge in [-0.2, -0.15) is 0 Å². The number of benzene rings is 4. The van der Waals surface area contributed by atoms with Crippen LogP contribution >= 0.6 is 0 Å². The second-order valence-electron chi connectivity index (χ2n) is 9.00. The first-order valence-corrected chi connectivity index (χ1v) is 11.9. The molecule has 4 aromatic carbocycles. The Morgan fingerprint density at radius 3 is 2.53 bits per heavy atom. The number of aryl methyl sites for hydroxylation is 1. The molecule has 0 saturated heterocycles. The molecular formula is C30H22N4O2. The summed E-state index contributed by atoms with van der Waals surface area (Å²) in [7, 11) is 1.68. The molecule has 0 unspecified atom stereocenters. The molecule has 0 amide bonds. The topological polar surface area (TPSA) is 61.5 Å². The largest absolute Gasteiger partial charge is 0.497 e. The standard InChI is InChI=1S/C30H22N4O2/c1-18-7-3-5-9-22(18)28-32-29-26-25(20-11-14-21(35-2)15-12-20)24-16-13-19-8-4-6-10-23(19)27(24)36-30(26)31-17-34(29)33-28/h3-17,25H,1-2H3/t25-/m1/s1. The fourth-order valence-electron chi connectivity index (χ4n) is 5.13. The lowest BCUT2D eigenvalue weighted by molar-refractivity contribution is 0.414. The predicted molar refractivity (Wildman–Crippen MR) is 139 cm³/mol. The average Bonchev–Trinajstić information content (AvgIpc) is 3.36. The average molecular weight is 471 g/mol. The molecule has 3 heterocycles. The Labute approximate surface area is 207 Å². The number of ether oxygens (including phenoxy) is 2. The summed E-state index contributed by atoms with van der Waals surface area (Å²) in [5.74, 6) is 2.73. The fraction of sp³-hybridized carbons (Fsp3) is 0.100. The van der Waals surface area contributed by atoms with E-state index >= 15 is 0 Å². The van der Waals surface area contributed by atoms with E-state index in [1.165, 1.54) is 0 Å². The summed E-state index contributed by atoms with van der Waals surface area (Å²) in [6.45, 7) is 2.07. The van der Waals surface area contributed by atoms with E-state index in [0.29, 0.717) is 11.7 Å². The highest BCUT2D eigenvalue weighted by Crippen LogP contribution is 2.50. The van der Waals surface area contributed by atoms with Crippen molar-refractivity contribution >= 4 is 16.4 Å². The molecule has 1 atom stereocenters. The van der Waals surface area contributed by atoms with E-state index in [2.05, 4.69) is 49.4 Å². The Morgan fingerprint density at radius 2 is 1.69 bits per heavy atom. The number of nitrogens with zero attached hydrogens (tertiary/aromatic N) is 4. The van der Waals surface area contributed by atoms with Gasteiger partial charge in [0, 0.05) is 22.4 Å². The Hall–Kier alpha value is -4.71. The van der Waals surface area contributed by atoms with Crippen LogP contribution in [0.25, 0.3) is 27.8 Å². The van der Waals surface area contributed by atoms with Gasteiger partial charge in [0.1, 0.15) is 17.8 Å². The smallest absolute Gasteiger partial charge is 0.228 e. The lowest BCUT2D eigenvalue weighted by atomic mass is 9.83. The maximum atomic E-state index is 6.52. The molecule has 0 fully saturated rings. The summed E-state index contributed by atoms with van der Waals surface area (Å²) in [6, 6.07) is 28.9. The summed E-state index contributed by atoms with van der Waals surface area (Å²) in [5, 5.41) is 6.96. The summed E-state index contributed by atoms with van der Waals surface area (Å²) >= 11 is 0. The summed E-state index contributed by atoms with van der Waals surface area (Å²) in [4.78, 5) is 9.71. The zero-order valence-electron chi connectivity index (χ0n) is 19.8. The Kier molecular flexibility index (Phi) is 4.54. The van der Waals surface area contributed by atoms with Crippen molar-refractivity contribution in [2.75, 3.05) is 7.11 Å². The van der Waals surface area contributed by atoms with Crippen LogP contribution in [0.15, 0.2) is 91.3 Å². The van der Waals surface area contributed by atoms with Gasteiger partial charge in [0.05, 0.1) is 12.7 Å². The molecule has 0 radical (unpaired) electrons. The molecule has 7 rings (SSSR count). The Bertz CT molecular complexity index is 1770. The van der Waals surface area contributed by atoms with Crippen molar-refractivity contribution in [2.24, 2.45) is 0 Å². The SMILES string of the molecule is COc1ccc([C@@H]2c3ccc4ccccc4c3Oc3ncn4nc(-c5ccccc5C)nc4c32)cc1. The molecule has 0 aliphatic carbocycles. The molecule has 0 N–H and O–H groups in total. The van der Waals surface area contributed by atoms with Gasteiger partial charge < -0.3 is 9.47 Å². The molecule has 36 heavy (non-hydrogen) atoms. The highest BCUT2D eigenvalue weighted by atomic mass is 16.5. The minimum atomic E-state index is -0.135. The fourth-order valence-corrected chi connectivity index (χ4v) is 5.13. The molecule has 0 saturated carbocycles. The second kappa shape index (κ2) is 7.92. The van der Waals surface area contributed by atoms with E-state index in [1.54, 1.807) is 18.0 Å². The number of hydrogen-bond acceptors (Lipinski definition) is 5. The van der Waals surface area contributed by atoms with Crippen LogP contribution in [0.5, 0.6) is 17.4 Å². The van der Waals surface area contributed by atoms with E-state index in [4.69, 9.17) is 24.5 Å². The van der Waals surface area contributed by atoms with E-state index in [0.717, 1.165) is 55.7 Å². The van der Waals surface area contributed by atoms with Crippen molar-refractivity contribution in [1.82, 2.24) is 19.6 Å². The van der Waals surface area contributed by atoms with Gasteiger partial charge in [-0.3, -0.25) is 0 Å². The van der Waals surface area contributed by atoms with Crippen LogP contribution in [0.3, 0.4) is 0 Å². The first-order chi connectivity index (χ1) is 17.7. The van der Waals surface area contributed by atoms with Gasteiger partial charge in [0.2, 0.25) is 5.88 Å². The molecule has 1 aliphatic rings. The number of methoxy groups -OCH3 is 1. The van der Waals surface area contributed by atoms with Gasteiger partial charge in [0.25, 0.3) is 0 Å². The Balaban J connectivity index is 1.51. The second-order valence-corrected chi connectivity index (χ2v) is 9.00. The molecular weight excluding hydrogens is 448 g/mol. The van der Waals surface area contributed by atoms with E-state index in [9.17, 15) is 0 Å². The van der Waals surface area contributed by atoms with Crippen LogP contribution in [-0.4, -0.2) is 26.7 Å². The lowest BCUT2D eigenvalue weighted by Gasteiger charge is -2.28. The van der Waals surface area contributed by atoms with Gasteiger partial charge >= 0.3 is 0 Å². The molecule has 0 bridgehead atoms. The van der Waals surface area contributed by atoms with Gasteiger partial charge in [-0.25, -0.2) is 14.5 Å². The third kappa shape index (κ3) is 3.08. The van der Waals surface area contributed by atoms with Gasteiger partial charge in [0.15, 0.2) is 11.5 Å². The molecule has 0 spiro atoms. The molecule has 174 valence electrons. The number of hydrogen-bond donors (Lipinski definition) is 0. The third-order valence-electron chi connectivity index (χ3n) is 6.93. The van der Waals surface area contributed by atoms with Gasteiger partial charge in [-0.15, -0.1) is 5.10 Å². The first-order valence-electron chi connectivity index (χ1n) is 11.9. The molecule has 6 nitrogen and oxygen atoms in total. The molecule has 6 aromatic rings. The lowest BCUT2D eigenvalue weighted by Crippen LogP contribution is -2.15. The van der Waals surface area contributed by atoms with Gasteiger partial charge in [-0.1, -0.05) is 72.8 Å². The molecule has 1 aliphatic heterocycles. The number of fused-ring (bicyclic) bond motifs is 6. The van der Waals surface area contributed by atoms with Crippen molar-refractivity contribution in [3.05, 3.63) is 114 Å². The minimum absolute atomic E-state index is 0.135. The van der Waals surface area contributed by atoms with Gasteiger partial charge in [-0.05, 0) is 35.6 Å². The maximum absolute atomic E-state index is 6.52. The minimum Gasteiger partial charge on any atom is -0.497 e. The summed E-state index contributed by atoms with van der Waals surface area (Å²) in [5.41, 5.74) is 5.93. The first kappa shape index (κ1) is 20.6. The van der Waals surface area contributed by atoms with Crippen LogP contribution in [0.1, 0.15) is 28.2 Å².